The van der Waals surface area contributed by atoms with Crippen LogP contribution in [-0.4, -0.2) is 36.1 Å². The van der Waals surface area contributed by atoms with Crippen molar-refractivity contribution in [2.24, 2.45) is 0 Å². The van der Waals surface area contributed by atoms with Crippen LogP contribution in [0.5, 0.6) is 0 Å². The summed E-state index contributed by atoms with van der Waals surface area (Å²) in [5, 5.41) is 4.88. The minimum atomic E-state index is 0.325. The van der Waals surface area contributed by atoms with E-state index in [0.29, 0.717) is 12.0 Å². The molecule has 0 spiro atoms. The molecule has 0 amide bonds. The first-order valence-corrected chi connectivity index (χ1v) is 8.53. The van der Waals surface area contributed by atoms with Crippen LogP contribution in [0.15, 0.2) is 30.5 Å². The second-order valence-corrected chi connectivity index (χ2v) is 6.78. The van der Waals surface area contributed by atoms with Crippen molar-refractivity contribution in [2.45, 2.75) is 45.6 Å². The maximum absolute atomic E-state index is 5.58. The van der Waals surface area contributed by atoms with E-state index >= 15 is 0 Å². The third kappa shape index (κ3) is 3.42. The van der Waals surface area contributed by atoms with Gasteiger partial charge in [0.2, 0.25) is 0 Å². The van der Waals surface area contributed by atoms with Gasteiger partial charge in [-0.25, -0.2) is 4.68 Å². The number of methoxy groups -OCH3 is 1. The molecule has 1 saturated heterocycles. The van der Waals surface area contributed by atoms with Crippen molar-refractivity contribution in [1.29, 1.82) is 0 Å². The van der Waals surface area contributed by atoms with Crippen LogP contribution >= 0.6 is 0 Å². The maximum Gasteiger partial charge on any atom is 0.0887 e. The van der Waals surface area contributed by atoms with Gasteiger partial charge in [-0.3, -0.25) is 0 Å². The quantitative estimate of drug-likeness (QED) is 0.857. The first kappa shape index (κ1) is 16.1. The largest absolute Gasteiger partial charge is 0.380 e. The Morgan fingerprint density at radius 3 is 2.83 bits per heavy atom. The minimum Gasteiger partial charge on any atom is -0.380 e. The number of piperidine rings is 1. The zero-order chi connectivity index (χ0) is 16.4. The van der Waals surface area contributed by atoms with E-state index in [1.807, 2.05) is 11.8 Å². The molecule has 4 nitrogen and oxygen atoms in total. The number of aryl methyl sites for hydroxylation is 1. The number of hydrogen-bond donors (Lipinski definition) is 0. The molecule has 1 aromatic heterocycles. The van der Waals surface area contributed by atoms with E-state index in [0.717, 1.165) is 25.2 Å². The predicted octanol–water partition coefficient (Wildman–Crippen LogP) is 3.92. The highest BCUT2D eigenvalue weighted by Crippen LogP contribution is 2.30. The fourth-order valence-electron chi connectivity index (χ4n) is 3.29. The van der Waals surface area contributed by atoms with E-state index in [1.54, 1.807) is 0 Å². The molecule has 1 fully saturated rings. The number of anilines is 1. The van der Waals surface area contributed by atoms with Gasteiger partial charge in [-0.1, -0.05) is 26.0 Å². The Hall–Kier alpha value is -1.81. The SMILES string of the molecule is COC1CCCN(c2cn(-c3cccc(C)c3)nc2C(C)C)C1. The highest BCUT2D eigenvalue weighted by atomic mass is 16.5. The summed E-state index contributed by atoms with van der Waals surface area (Å²) in [7, 11) is 1.81. The van der Waals surface area contributed by atoms with E-state index in [2.05, 4.69) is 56.1 Å². The van der Waals surface area contributed by atoms with Crippen LogP contribution in [0.1, 0.15) is 43.9 Å². The molecule has 0 bridgehead atoms. The molecule has 0 radical (unpaired) electrons. The molecule has 2 heterocycles. The number of benzene rings is 1. The number of rotatable bonds is 4. The average Bonchev–Trinajstić information content (AvgIpc) is 3.00. The first-order valence-electron chi connectivity index (χ1n) is 8.53. The fourth-order valence-corrected chi connectivity index (χ4v) is 3.29. The van der Waals surface area contributed by atoms with E-state index in [4.69, 9.17) is 9.84 Å². The topological polar surface area (TPSA) is 30.3 Å². The molecule has 0 saturated carbocycles. The van der Waals surface area contributed by atoms with Crippen molar-refractivity contribution < 1.29 is 4.74 Å². The standard InChI is InChI=1S/C19H27N3O/c1-14(2)19-18(21-10-6-9-17(12-21)23-4)13-22(20-19)16-8-5-7-15(3)11-16/h5,7-8,11,13-14,17H,6,9-10,12H2,1-4H3. The van der Waals surface area contributed by atoms with Crippen LogP contribution in [0.25, 0.3) is 5.69 Å². The smallest absolute Gasteiger partial charge is 0.0887 e. The Morgan fingerprint density at radius 2 is 2.13 bits per heavy atom. The van der Waals surface area contributed by atoms with Crippen molar-refractivity contribution in [3.05, 3.63) is 41.7 Å². The van der Waals surface area contributed by atoms with Gasteiger partial charge < -0.3 is 9.64 Å². The van der Waals surface area contributed by atoms with Crippen molar-refractivity contribution in [2.75, 3.05) is 25.1 Å². The van der Waals surface area contributed by atoms with Gasteiger partial charge in [-0.15, -0.1) is 0 Å². The monoisotopic (exact) mass is 313 g/mol. The summed E-state index contributed by atoms with van der Waals surface area (Å²) in [5.41, 5.74) is 4.80. The Bertz CT molecular complexity index is 662. The van der Waals surface area contributed by atoms with E-state index in [1.165, 1.54) is 23.4 Å². The molecule has 1 aliphatic rings. The van der Waals surface area contributed by atoms with Crippen LogP contribution in [0.4, 0.5) is 5.69 Å². The van der Waals surface area contributed by atoms with Crippen LogP contribution in [-0.2, 0) is 4.74 Å². The summed E-state index contributed by atoms with van der Waals surface area (Å²) in [6, 6.07) is 8.49. The summed E-state index contributed by atoms with van der Waals surface area (Å²) in [6.07, 6.45) is 4.83. The van der Waals surface area contributed by atoms with E-state index < -0.39 is 0 Å². The summed E-state index contributed by atoms with van der Waals surface area (Å²) >= 11 is 0. The number of ether oxygens (including phenoxy) is 1. The Morgan fingerprint density at radius 1 is 1.30 bits per heavy atom. The third-order valence-corrected chi connectivity index (χ3v) is 4.59. The van der Waals surface area contributed by atoms with Crippen molar-refractivity contribution in [3.8, 4) is 5.69 Å². The van der Waals surface area contributed by atoms with Gasteiger partial charge in [0.05, 0.1) is 29.4 Å². The molecule has 0 N–H and O–H groups in total. The Kier molecular flexibility index (Phi) is 4.71. The molecule has 1 unspecified atom stereocenters. The minimum absolute atomic E-state index is 0.325. The van der Waals surface area contributed by atoms with Gasteiger partial charge in [-0.2, -0.15) is 5.10 Å². The van der Waals surface area contributed by atoms with Crippen LogP contribution < -0.4 is 4.90 Å². The highest BCUT2D eigenvalue weighted by molar-refractivity contribution is 5.53. The van der Waals surface area contributed by atoms with Gasteiger partial charge in [0, 0.05) is 20.2 Å². The van der Waals surface area contributed by atoms with Crippen molar-refractivity contribution >= 4 is 5.69 Å². The number of aromatic nitrogens is 2. The Balaban J connectivity index is 1.96. The molecular formula is C19H27N3O. The second-order valence-electron chi connectivity index (χ2n) is 6.78. The van der Waals surface area contributed by atoms with E-state index in [-0.39, 0.29) is 0 Å². The average molecular weight is 313 g/mol. The normalized spacial score (nSPS) is 18.7. The van der Waals surface area contributed by atoms with Crippen LogP contribution in [0.2, 0.25) is 0 Å². The predicted molar refractivity (Wildman–Crippen MR) is 94.6 cm³/mol. The van der Waals surface area contributed by atoms with Gasteiger partial charge in [0.1, 0.15) is 0 Å². The lowest BCUT2D eigenvalue weighted by molar-refractivity contribution is 0.0893. The molecule has 0 aliphatic carbocycles. The molecular weight excluding hydrogens is 286 g/mol. The fraction of sp³-hybridized carbons (Fsp3) is 0.526. The van der Waals surface area contributed by atoms with Gasteiger partial charge in [0.25, 0.3) is 0 Å². The molecule has 2 aromatic rings. The van der Waals surface area contributed by atoms with Crippen LogP contribution in [0, 0.1) is 6.92 Å². The molecule has 3 rings (SSSR count). The molecule has 23 heavy (non-hydrogen) atoms. The lowest BCUT2D eigenvalue weighted by atomic mass is 10.0. The molecule has 124 valence electrons. The molecule has 4 heteroatoms. The second kappa shape index (κ2) is 6.75. The number of hydrogen-bond acceptors (Lipinski definition) is 3. The zero-order valence-electron chi connectivity index (χ0n) is 14.6. The number of nitrogens with zero attached hydrogens (tertiary/aromatic N) is 3. The van der Waals surface area contributed by atoms with Gasteiger partial charge in [-0.05, 0) is 43.4 Å². The maximum atomic E-state index is 5.58. The third-order valence-electron chi connectivity index (χ3n) is 4.59. The summed E-state index contributed by atoms with van der Waals surface area (Å²) in [4.78, 5) is 2.44. The summed E-state index contributed by atoms with van der Waals surface area (Å²) in [5.74, 6) is 0.402. The molecule has 1 aliphatic heterocycles. The summed E-state index contributed by atoms with van der Waals surface area (Å²) in [6.45, 7) is 8.58. The van der Waals surface area contributed by atoms with E-state index in [9.17, 15) is 0 Å². The van der Waals surface area contributed by atoms with Crippen LogP contribution in [0.3, 0.4) is 0 Å². The lowest BCUT2D eigenvalue weighted by Crippen LogP contribution is -2.39. The highest BCUT2D eigenvalue weighted by Gasteiger charge is 2.24. The Labute approximate surface area is 139 Å². The molecule has 1 aromatic carbocycles. The van der Waals surface area contributed by atoms with Gasteiger partial charge in [0.15, 0.2) is 0 Å². The molecule has 1 atom stereocenters. The zero-order valence-corrected chi connectivity index (χ0v) is 14.6. The lowest BCUT2D eigenvalue weighted by Gasteiger charge is -2.33. The summed E-state index contributed by atoms with van der Waals surface area (Å²) < 4.78 is 7.60. The van der Waals surface area contributed by atoms with Crippen molar-refractivity contribution in [1.82, 2.24) is 9.78 Å². The van der Waals surface area contributed by atoms with Gasteiger partial charge >= 0.3 is 0 Å². The van der Waals surface area contributed by atoms with Crippen molar-refractivity contribution in [3.63, 3.8) is 0 Å². The first-order chi connectivity index (χ1) is 11.1.